The first-order valence-corrected chi connectivity index (χ1v) is 14.0. The summed E-state index contributed by atoms with van der Waals surface area (Å²) in [4.78, 5) is 30.5. The molecule has 2 heterocycles. The van der Waals surface area contributed by atoms with E-state index in [9.17, 15) is 9.59 Å². The van der Waals surface area contributed by atoms with Crippen LogP contribution in [0.25, 0.3) is 33.1 Å². The fraction of sp³-hybridized carbons (Fsp3) is 0.258. The molecule has 1 saturated carbocycles. The fourth-order valence-corrected chi connectivity index (χ4v) is 6.11. The molecule has 0 aliphatic heterocycles. The fourth-order valence-electron chi connectivity index (χ4n) is 5.79. The maximum Gasteiger partial charge on any atom is 0.407 e. The van der Waals surface area contributed by atoms with Gasteiger partial charge in [-0.25, -0.2) is 9.78 Å². The van der Waals surface area contributed by atoms with E-state index in [0.29, 0.717) is 23.4 Å². The topological polar surface area (TPSA) is 86.4 Å². The molecule has 1 fully saturated rings. The molecule has 8 heteroatoms. The summed E-state index contributed by atoms with van der Waals surface area (Å²) in [5.74, 6) is 0.419. The predicted molar refractivity (Wildman–Crippen MR) is 153 cm³/mol. The summed E-state index contributed by atoms with van der Waals surface area (Å²) in [7, 11) is 0. The summed E-state index contributed by atoms with van der Waals surface area (Å²) in [5, 5.41) is 3.68. The van der Waals surface area contributed by atoms with Crippen LogP contribution in [-0.4, -0.2) is 28.8 Å². The second-order valence-electron chi connectivity index (χ2n) is 10.3. The number of ether oxygens (including phenoxy) is 1. The summed E-state index contributed by atoms with van der Waals surface area (Å²) >= 11 is 3.60. The Kier molecular flexibility index (Phi) is 5.81. The minimum Gasteiger partial charge on any atom is -0.449 e. The number of hydrogen-bond donors (Lipinski definition) is 1. The quantitative estimate of drug-likeness (QED) is 0.242. The van der Waals surface area contributed by atoms with Gasteiger partial charge in [0, 0.05) is 34.8 Å². The number of fused-ring (bicyclic) bond motifs is 6. The molecule has 2 aliphatic rings. The van der Waals surface area contributed by atoms with E-state index in [-0.39, 0.29) is 30.7 Å². The smallest absolute Gasteiger partial charge is 0.407 e. The van der Waals surface area contributed by atoms with Crippen LogP contribution >= 0.6 is 15.9 Å². The molecule has 1 amide bonds. The first-order chi connectivity index (χ1) is 19.0. The molecule has 0 radical (unpaired) electrons. The second kappa shape index (κ2) is 9.38. The molecule has 1 N–H and O–H groups in total. The molecule has 0 saturated heterocycles. The minimum absolute atomic E-state index is 0.00519. The highest BCUT2D eigenvalue weighted by Gasteiger charge is 2.31. The number of aryl methyl sites for hydroxylation is 1. The molecule has 7 nitrogen and oxygen atoms in total. The highest BCUT2D eigenvalue weighted by molar-refractivity contribution is 9.10. The van der Waals surface area contributed by atoms with Gasteiger partial charge in [-0.2, -0.15) is 0 Å². The Hall–Kier alpha value is -3.91. The van der Waals surface area contributed by atoms with Gasteiger partial charge in [-0.1, -0.05) is 64.5 Å². The van der Waals surface area contributed by atoms with Crippen molar-refractivity contribution in [3.63, 3.8) is 0 Å². The van der Waals surface area contributed by atoms with Crippen molar-refractivity contribution in [2.45, 2.75) is 38.1 Å². The van der Waals surface area contributed by atoms with Crippen LogP contribution in [0.4, 0.5) is 4.79 Å². The zero-order chi connectivity index (χ0) is 26.7. The van der Waals surface area contributed by atoms with E-state index in [0.717, 1.165) is 33.8 Å². The Balaban J connectivity index is 1.06. The molecule has 196 valence electrons. The largest absolute Gasteiger partial charge is 0.449 e. The number of amides is 1. The SMILES string of the molecule is Cc1c(Br)ccc2c3oc(CCNC(=O)OCC4c5ccccc5-c5ccccc54)nc3c(=O)n(C3CC3)c12. The summed E-state index contributed by atoms with van der Waals surface area (Å²) in [6, 6.07) is 20.6. The van der Waals surface area contributed by atoms with Gasteiger partial charge in [-0.3, -0.25) is 4.79 Å². The number of nitrogens with one attached hydrogen (secondary N) is 1. The number of nitrogens with zero attached hydrogens (tertiary/aromatic N) is 2. The number of oxazole rings is 1. The molecular weight excluding hydrogens is 558 g/mol. The number of pyridine rings is 1. The van der Waals surface area contributed by atoms with Crippen molar-refractivity contribution in [2.75, 3.05) is 13.2 Å². The number of carbonyl (C=O) groups excluding carboxylic acids is 1. The van der Waals surface area contributed by atoms with Gasteiger partial charge in [0.05, 0.1) is 5.52 Å². The molecule has 2 aromatic heterocycles. The van der Waals surface area contributed by atoms with Gasteiger partial charge >= 0.3 is 6.09 Å². The predicted octanol–water partition coefficient (Wildman–Crippen LogP) is 6.63. The van der Waals surface area contributed by atoms with Gasteiger partial charge in [0.1, 0.15) is 6.61 Å². The first kappa shape index (κ1) is 24.2. The van der Waals surface area contributed by atoms with Crippen molar-refractivity contribution in [3.05, 3.63) is 98.1 Å². The maximum atomic E-state index is 13.4. The summed E-state index contributed by atoms with van der Waals surface area (Å²) in [6.07, 6.45) is 1.83. The molecule has 0 bridgehead atoms. The number of aromatic nitrogens is 2. The number of alkyl carbamates (subject to hydrolysis) is 1. The molecule has 0 unspecified atom stereocenters. The lowest BCUT2D eigenvalue weighted by Crippen LogP contribution is -2.28. The lowest BCUT2D eigenvalue weighted by atomic mass is 9.98. The summed E-state index contributed by atoms with van der Waals surface area (Å²) < 4.78 is 14.5. The van der Waals surface area contributed by atoms with Crippen molar-refractivity contribution in [3.8, 4) is 11.1 Å². The highest BCUT2D eigenvalue weighted by Crippen LogP contribution is 2.44. The molecule has 0 spiro atoms. The lowest BCUT2D eigenvalue weighted by Gasteiger charge is -2.14. The van der Waals surface area contributed by atoms with E-state index in [2.05, 4.69) is 50.5 Å². The lowest BCUT2D eigenvalue weighted by molar-refractivity contribution is 0.143. The summed E-state index contributed by atoms with van der Waals surface area (Å²) in [5.41, 5.74) is 7.33. The van der Waals surface area contributed by atoms with Crippen LogP contribution in [0.15, 0.2) is 74.3 Å². The molecule has 5 aromatic rings. The number of halogens is 1. The van der Waals surface area contributed by atoms with Crippen LogP contribution in [0.5, 0.6) is 0 Å². The van der Waals surface area contributed by atoms with Crippen molar-refractivity contribution in [1.29, 1.82) is 0 Å². The van der Waals surface area contributed by atoms with Gasteiger partial charge in [-0.05, 0) is 59.7 Å². The van der Waals surface area contributed by atoms with E-state index in [1.807, 2.05) is 47.9 Å². The van der Waals surface area contributed by atoms with Crippen LogP contribution in [-0.2, 0) is 11.2 Å². The van der Waals surface area contributed by atoms with E-state index in [4.69, 9.17) is 9.15 Å². The third-order valence-electron chi connectivity index (χ3n) is 7.81. The average molecular weight is 584 g/mol. The monoisotopic (exact) mass is 583 g/mol. The Bertz CT molecular complexity index is 1790. The van der Waals surface area contributed by atoms with E-state index in [1.165, 1.54) is 22.3 Å². The van der Waals surface area contributed by atoms with Crippen LogP contribution < -0.4 is 10.9 Å². The van der Waals surface area contributed by atoms with Crippen molar-refractivity contribution in [1.82, 2.24) is 14.9 Å². The number of carbonyl (C=O) groups is 1. The van der Waals surface area contributed by atoms with E-state index >= 15 is 0 Å². The summed E-state index contributed by atoms with van der Waals surface area (Å²) in [6.45, 7) is 2.54. The van der Waals surface area contributed by atoms with Crippen molar-refractivity contribution in [2.24, 2.45) is 0 Å². The zero-order valence-corrected chi connectivity index (χ0v) is 23.0. The molecule has 7 rings (SSSR count). The van der Waals surface area contributed by atoms with Crippen molar-refractivity contribution >= 4 is 44.0 Å². The third kappa shape index (κ3) is 4.05. The Labute approximate surface area is 232 Å². The van der Waals surface area contributed by atoms with Gasteiger partial charge in [0.15, 0.2) is 17.0 Å². The van der Waals surface area contributed by atoms with Crippen LogP contribution in [0, 0.1) is 6.92 Å². The normalized spacial score (nSPS) is 14.5. The van der Waals surface area contributed by atoms with Gasteiger partial charge < -0.3 is 19.0 Å². The van der Waals surface area contributed by atoms with Crippen LogP contribution in [0.1, 0.15) is 47.4 Å². The molecule has 2 aliphatic carbocycles. The van der Waals surface area contributed by atoms with Gasteiger partial charge in [0.2, 0.25) is 0 Å². The Morgan fingerprint density at radius 2 is 1.77 bits per heavy atom. The second-order valence-corrected chi connectivity index (χ2v) is 11.1. The Morgan fingerprint density at radius 3 is 2.46 bits per heavy atom. The number of rotatable bonds is 6. The molecular formula is C31H26BrN3O4. The van der Waals surface area contributed by atoms with Crippen molar-refractivity contribution < 1.29 is 13.9 Å². The van der Waals surface area contributed by atoms with E-state index in [1.54, 1.807) is 0 Å². The number of benzene rings is 3. The maximum absolute atomic E-state index is 13.4. The highest BCUT2D eigenvalue weighted by atomic mass is 79.9. The van der Waals surface area contributed by atoms with Crippen LogP contribution in [0.3, 0.4) is 0 Å². The third-order valence-corrected chi connectivity index (χ3v) is 8.67. The van der Waals surface area contributed by atoms with E-state index < -0.39 is 6.09 Å². The standard InChI is InChI=1S/C31H26BrN3O4/c1-17-25(32)13-12-23-28(17)35(18-10-11-18)30(36)27-29(23)39-26(34-27)14-15-33-31(37)38-16-24-21-8-4-2-6-19(21)20-7-3-5-9-22(20)24/h2-9,12-13,18,24H,10-11,14-16H2,1H3,(H,33,37). The van der Waals surface area contributed by atoms with Crippen LogP contribution in [0.2, 0.25) is 0 Å². The number of hydrogen-bond acceptors (Lipinski definition) is 5. The minimum atomic E-state index is -0.491. The average Bonchev–Trinajstić information content (AvgIpc) is 3.61. The zero-order valence-electron chi connectivity index (χ0n) is 21.4. The van der Waals surface area contributed by atoms with Gasteiger partial charge in [0.25, 0.3) is 5.56 Å². The Morgan fingerprint density at radius 1 is 1.08 bits per heavy atom. The molecule has 3 aromatic carbocycles. The molecule has 0 atom stereocenters. The first-order valence-electron chi connectivity index (χ1n) is 13.2. The van der Waals surface area contributed by atoms with Gasteiger partial charge in [-0.15, -0.1) is 0 Å². The molecule has 39 heavy (non-hydrogen) atoms.